The molecular weight excluding hydrogens is 354 g/mol. The molecule has 1 amide bonds. The highest BCUT2D eigenvalue weighted by molar-refractivity contribution is 5.76. The second-order valence-electron chi connectivity index (χ2n) is 8.22. The summed E-state index contributed by atoms with van der Waals surface area (Å²) < 4.78 is 11.4. The number of methoxy groups -OCH3 is 1. The van der Waals surface area contributed by atoms with Gasteiger partial charge in [0.25, 0.3) is 0 Å². The Morgan fingerprint density at radius 2 is 1.93 bits per heavy atom. The van der Waals surface area contributed by atoms with E-state index in [4.69, 9.17) is 9.15 Å². The number of likely N-dealkylation sites (tertiary alicyclic amines) is 1. The smallest absolute Gasteiger partial charge is 0.223 e. The first-order chi connectivity index (χ1) is 13.5. The summed E-state index contributed by atoms with van der Waals surface area (Å²) in [4.78, 5) is 14.5. The molecule has 1 N–H and O–H groups in total. The fourth-order valence-corrected chi connectivity index (χ4v) is 4.66. The molecule has 4 rings (SSSR count). The van der Waals surface area contributed by atoms with Crippen molar-refractivity contribution in [3.05, 3.63) is 47.7 Å². The summed E-state index contributed by atoms with van der Waals surface area (Å²) in [6.45, 7) is 3.46. The third kappa shape index (κ3) is 3.49. The standard InChI is InChI=1S/C23H29NO4/c1-16-3-5-17(6-4-16)19-9-7-18(28-19)8-10-22(26)24-13-11-23(12-14-24)20(25)15-21(23)27-2/h3-7,9,20-21,25H,8,10-15H2,1-2H3/t20-,21+/m0/s1. The Kier molecular flexibility index (Phi) is 5.30. The maximum atomic E-state index is 12.6. The molecule has 2 aliphatic rings. The molecule has 28 heavy (non-hydrogen) atoms. The van der Waals surface area contributed by atoms with Crippen molar-refractivity contribution in [3.8, 4) is 11.3 Å². The molecule has 2 fully saturated rings. The van der Waals surface area contributed by atoms with E-state index in [0.29, 0.717) is 32.4 Å². The Balaban J connectivity index is 1.29. The van der Waals surface area contributed by atoms with Crippen LogP contribution in [-0.2, 0) is 16.0 Å². The quantitative estimate of drug-likeness (QED) is 0.857. The fourth-order valence-electron chi connectivity index (χ4n) is 4.66. The third-order valence-corrected chi connectivity index (χ3v) is 6.66. The fraction of sp³-hybridized carbons (Fsp3) is 0.522. The Bertz CT molecular complexity index is 817. The van der Waals surface area contributed by atoms with E-state index in [1.807, 2.05) is 17.0 Å². The van der Waals surface area contributed by atoms with Gasteiger partial charge in [0.05, 0.1) is 12.2 Å². The summed E-state index contributed by atoms with van der Waals surface area (Å²) in [5, 5.41) is 10.2. The van der Waals surface area contributed by atoms with Crippen molar-refractivity contribution in [2.24, 2.45) is 5.41 Å². The highest BCUT2D eigenvalue weighted by Gasteiger charge is 2.56. The molecule has 1 spiro atoms. The van der Waals surface area contributed by atoms with Gasteiger partial charge < -0.3 is 19.2 Å². The van der Waals surface area contributed by atoms with E-state index in [-0.39, 0.29) is 23.5 Å². The summed E-state index contributed by atoms with van der Waals surface area (Å²) >= 11 is 0. The third-order valence-electron chi connectivity index (χ3n) is 6.66. The van der Waals surface area contributed by atoms with Crippen molar-refractivity contribution in [1.82, 2.24) is 4.90 Å². The first-order valence-corrected chi connectivity index (χ1v) is 10.2. The van der Waals surface area contributed by atoms with Gasteiger partial charge in [0.1, 0.15) is 11.5 Å². The number of furan rings is 1. The van der Waals surface area contributed by atoms with Gasteiger partial charge in [-0.15, -0.1) is 0 Å². The molecule has 0 unspecified atom stereocenters. The van der Waals surface area contributed by atoms with Crippen molar-refractivity contribution in [2.75, 3.05) is 20.2 Å². The predicted octanol–water partition coefficient (Wildman–Crippen LogP) is 3.58. The first-order valence-electron chi connectivity index (χ1n) is 10.2. The molecule has 1 aromatic carbocycles. The van der Waals surface area contributed by atoms with Crippen molar-refractivity contribution in [2.45, 2.75) is 51.2 Å². The van der Waals surface area contributed by atoms with Gasteiger partial charge in [0, 0.05) is 50.4 Å². The number of nitrogens with zero attached hydrogens (tertiary/aromatic N) is 1. The number of carbonyl (C=O) groups is 1. The van der Waals surface area contributed by atoms with Crippen LogP contribution in [0.25, 0.3) is 11.3 Å². The number of benzene rings is 1. The second-order valence-corrected chi connectivity index (χ2v) is 8.22. The number of piperidine rings is 1. The molecule has 2 atom stereocenters. The van der Waals surface area contributed by atoms with Crippen LogP contribution in [0.15, 0.2) is 40.8 Å². The zero-order valence-corrected chi connectivity index (χ0v) is 16.7. The lowest BCUT2D eigenvalue weighted by molar-refractivity contribution is -0.202. The Morgan fingerprint density at radius 1 is 1.21 bits per heavy atom. The van der Waals surface area contributed by atoms with Crippen LogP contribution in [0, 0.1) is 12.3 Å². The molecule has 0 bridgehead atoms. The van der Waals surface area contributed by atoms with Crippen LogP contribution < -0.4 is 0 Å². The average molecular weight is 383 g/mol. The van der Waals surface area contributed by atoms with Gasteiger partial charge in [-0.3, -0.25) is 4.79 Å². The van der Waals surface area contributed by atoms with Gasteiger partial charge in [0.15, 0.2) is 0 Å². The maximum absolute atomic E-state index is 12.6. The average Bonchev–Trinajstić information content (AvgIpc) is 3.19. The molecule has 5 heteroatoms. The lowest BCUT2D eigenvalue weighted by atomic mass is 9.58. The lowest BCUT2D eigenvalue weighted by Crippen LogP contribution is -2.62. The SMILES string of the molecule is CO[C@@H]1C[C@H](O)C12CCN(C(=O)CCc1ccc(-c3ccc(C)cc3)o1)CC2. The van der Waals surface area contributed by atoms with E-state index >= 15 is 0 Å². The minimum Gasteiger partial charge on any atom is -0.461 e. The predicted molar refractivity (Wildman–Crippen MR) is 107 cm³/mol. The molecule has 1 saturated carbocycles. The zero-order chi connectivity index (χ0) is 19.7. The second kappa shape index (κ2) is 7.72. The molecule has 1 aliphatic heterocycles. The summed E-state index contributed by atoms with van der Waals surface area (Å²) in [7, 11) is 1.71. The number of rotatable bonds is 5. The van der Waals surface area contributed by atoms with Gasteiger partial charge in [-0.1, -0.05) is 29.8 Å². The van der Waals surface area contributed by atoms with Crippen LogP contribution in [0.2, 0.25) is 0 Å². The number of amides is 1. The molecule has 2 aromatic rings. The molecule has 0 radical (unpaired) electrons. The minimum atomic E-state index is -0.294. The first kappa shape index (κ1) is 19.2. The van der Waals surface area contributed by atoms with Crippen LogP contribution >= 0.6 is 0 Å². The molecule has 5 nitrogen and oxygen atoms in total. The van der Waals surface area contributed by atoms with Crippen molar-refractivity contribution >= 4 is 5.91 Å². The highest BCUT2D eigenvalue weighted by atomic mass is 16.5. The number of aliphatic hydroxyl groups is 1. The number of hydrogen-bond donors (Lipinski definition) is 1. The Labute approximate surface area is 166 Å². The monoisotopic (exact) mass is 383 g/mol. The normalized spacial score (nSPS) is 23.6. The number of aliphatic hydroxyl groups excluding tert-OH is 1. The maximum Gasteiger partial charge on any atom is 0.223 e. The van der Waals surface area contributed by atoms with E-state index in [9.17, 15) is 9.90 Å². The van der Waals surface area contributed by atoms with Crippen LogP contribution in [0.4, 0.5) is 0 Å². The van der Waals surface area contributed by atoms with Crippen LogP contribution in [0.1, 0.15) is 37.0 Å². The van der Waals surface area contributed by atoms with Gasteiger partial charge in [-0.2, -0.15) is 0 Å². The van der Waals surface area contributed by atoms with Crippen molar-refractivity contribution < 1.29 is 19.1 Å². The van der Waals surface area contributed by atoms with Crippen LogP contribution in [0.5, 0.6) is 0 Å². The minimum absolute atomic E-state index is 0.128. The molecule has 1 aliphatic carbocycles. The molecular formula is C23H29NO4. The van der Waals surface area contributed by atoms with Gasteiger partial charge in [0.2, 0.25) is 5.91 Å². The molecule has 1 aromatic heterocycles. The summed E-state index contributed by atoms with van der Waals surface area (Å²) in [6, 6.07) is 12.2. The number of aryl methyl sites for hydroxylation is 2. The molecule has 150 valence electrons. The summed E-state index contributed by atoms with van der Waals surface area (Å²) in [6.07, 6.45) is 3.24. The lowest BCUT2D eigenvalue weighted by Gasteiger charge is -2.56. The number of carbonyl (C=O) groups excluding carboxylic acids is 1. The van der Waals surface area contributed by atoms with Gasteiger partial charge in [-0.25, -0.2) is 0 Å². The van der Waals surface area contributed by atoms with Crippen LogP contribution in [0.3, 0.4) is 0 Å². The Morgan fingerprint density at radius 3 is 2.57 bits per heavy atom. The molecule has 1 saturated heterocycles. The van der Waals surface area contributed by atoms with Crippen molar-refractivity contribution in [1.29, 1.82) is 0 Å². The topological polar surface area (TPSA) is 62.9 Å². The van der Waals surface area contributed by atoms with E-state index in [1.54, 1.807) is 7.11 Å². The van der Waals surface area contributed by atoms with E-state index < -0.39 is 0 Å². The number of ether oxygens (including phenoxy) is 1. The van der Waals surface area contributed by atoms with Crippen LogP contribution in [-0.4, -0.2) is 48.3 Å². The van der Waals surface area contributed by atoms with E-state index in [1.165, 1.54) is 5.56 Å². The highest BCUT2D eigenvalue weighted by Crippen LogP contribution is 2.50. The largest absolute Gasteiger partial charge is 0.461 e. The summed E-state index contributed by atoms with van der Waals surface area (Å²) in [5.41, 5.74) is 2.13. The van der Waals surface area contributed by atoms with Crippen molar-refractivity contribution in [3.63, 3.8) is 0 Å². The van der Waals surface area contributed by atoms with Gasteiger partial charge in [-0.05, 0) is 31.9 Å². The van der Waals surface area contributed by atoms with E-state index in [0.717, 1.165) is 29.9 Å². The van der Waals surface area contributed by atoms with E-state index in [2.05, 4.69) is 31.2 Å². The zero-order valence-electron chi connectivity index (χ0n) is 16.7. The van der Waals surface area contributed by atoms with Gasteiger partial charge >= 0.3 is 0 Å². The molecule has 2 heterocycles. The summed E-state index contributed by atoms with van der Waals surface area (Å²) in [5.74, 6) is 1.84. The number of hydrogen-bond acceptors (Lipinski definition) is 4. The Hall–Kier alpha value is -2.11.